The van der Waals surface area contributed by atoms with Crippen molar-refractivity contribution >= 4 is 5.91 Å². The highest BCUT2D eigenvalue weighted by atomic mass is 16.5. The van der Waals surface area contributed by atoms with E-state index in [2.05, 4.69) is 22.6 Å². The molecule has 1 fully saturated rings. The summed E-state index contributed by atoms with van der Waals surface area (Å²) in [7, 11) is 1.61. The maximum atomic E-state index is 12.3. The molecule has 1 saturated carbocycles. The number of nitrogens with one attached hydrogen (secondary N) is 1. The van der Waals surface area contributed by atoms with Gasteiger partial charge in [-0.05, 0) is 60.9 Å². The Morgan fingerprint density at radius 2 is 2.00 bits per heavy atom. The molecule has 1 heterocycles. The summed E-state index contributed by atoms with van der Waals surface area (Å²) < 4.78 is 6.37. The van der Waals surface area contributed by atoms with Crippen molar-refractivity contribution in [3.05, 3.63) is 58.9 Å². The van der Waals surface area contributed by atoms with E-state index in [9.17, 15) is 9.59 Å². The molecule has 0 radical (unpaired) electrons. The minimum atomic E-state index is -0.287. The molecule has 0 saturated heterocycles. The Bertz CT molecular complexity index is 917. The van der Waals surface area contributed by atoms with Crippen LogP contribution in [-0.2, 0) is 11.3 Å². The molecule has 3 unspecified atom stereocenters. The van der Waals surface area contributed by atoms with Gasteiger partial charge in [0.1, 0.15) is 12.3 Å². The molecule has 4 rings (SSSR count). The fourth-order valence-electron chi connectivity index (χ4n) is 4.04. The van der Waals surface area contributed by atoms with Crippen molar-refractivity contribution in [3.63, 3.8) is 0 Å². The summed E-state index contributed by atoms with van der Waals surface area (Å²) in [5.74, 6) is 2.36. The molecule has 1 N–H and O–H groups in total. The van der Waals surface area contributed by atoms with Gasteiger partial charge in [-0.2, -0.15) is 5.10 Å². The van der Waals surface area contributed by atoms with E-state index in [1.165, 1.54) is 17.2 Å². The normalized spacial score (nSPS) is 22.8. The molecule has 0 spiro atoms. The number of rotatable bonds is 6. The van der Waals surface area contributed by atoms with Crippen LogP contribution < -0.4 is 15.6 Å². The van der Waals surface area contributed by atoms with Crippen LogP contribution in [0.1, 0.15) is 12.8 Å². The average Bonchev–Trinajstić information content (AvgIpc) is 3.31. The summed E-state index contributed by atoms with van der Waals surface area (Å²) in [5.41, 5.74) is 1.22. The fourth-order valence-corrected chi connectivity index (χ4v) is 4.04. The Morgan fingerprint density at radius 3 is 2.67 bits per heavy atom. The van der Waals surface area contributed by atoms with Gasteiger partial charge >= 0.3 is 0 Å². The highest BCUT2D eigenvalue weighted by molar-refractivity contribution is 5.75. The predicted octanol–water partition coefficient (Wildman–Crippen LogP) is 2.25. The number of ether oxygens (including phenoxy) is 1. The van der Waals surface area contributed by atoms with E-state index in [4.69, 9.17) is 4.74 Å². The molecule has 2 bridgehead atoms. The van der Waals surface area contributed by atoms with Crippen LogP contribution in [0.15, 0.2) is 53.3 Å². The lowest BCUT2D eigenvalue weighted by Gasteiger charge is -2.18. The van der Waals surface area contributed by atoms with Crippen LogP contribution in [0.5, 0.6) is 5.75 Å². The van der Waals surface area contributed by atoms with Crippen molar-refractivity contribution < 1.29 is 9.53 Å². The Labute approximate surface area is 157 Å². The molecule has 140 valence electrons. The number of allylic oxidation sites excluding steroid dienone is 2. The van der Waals surface area contributed by atoms with Crippen molar-refractivity contribution in [3.8, 4) is 17.0 Å². The topological polar surface area (TPSA) is 73.2 Å². The van der Waals surface area contributed by atoms with Gasteiger partial charge in [0.25, 0.3) is 5.56 Å². The molecule has 1 amide bonds. The first-order valence-corrected chi connectivity index (χ1v) is 9.30. The third-order valence-electron chi connectivity index (χ3n) is 5.52. The van der Waals surface area contributed by atoms with Crippen LogP contribution >= 0.6 is 0 Å². The molecule has 2 aliphatic carbocycles. The first-order chi connectivity index (χ1) is 13.1. The predicted molar refractivity (Wildman–Crippen MR) is 102 cm³/mol. The van der Waals surface area contributed by atoms with E-state index in [0.717, 1.165) is 17.7 Å². The van der Waals surface area contributed by atoms with Crippen molar-refractivity contribution in [2.24, 2.45) is 17.8 Å². The summed E-state index contributed by atoms with van der Waals surface area (Å²) >= 11 is 0. The number of fused-ring (bicyclic) bond motifs is 2. The third-order valence-corrected chi connectivity index (χ3v) is 5.52. The van der Waals surface area contributed by atoms with Gasteiger partial charge in [0.2, 0.25) is 5.91 Å². The third kappa shape index (κ3) is 3.79. The number of carbonyl (C=O) groups excluding carboxylic acids is 1. The van der Waals surface area contributed by atoms with Crippen LogP contribution in [0, 0.1) is 17.8 Å². The Hall–Kier alpha value is -2.89. The van der Waals surface area contributed by atoms with Gasteiger partial charge in [-0.1, -0.05) is 12.2 Å². The molecule has 6 nitrogen and oxygen atoms in total. The molecule has 1 aromatic carbocycles. The zero-order valence-corrected chi connectivity index (χ0v) is 15.3. The summed E-state index contributed by atoms with van der Waals surface area (Å²) in [4.78, 5) is 24.4. The van der Waals surface area contributed by atoms with Crippen LogP contribution in [0.3, 0.4) is 0 Å². The summed E-state index contributed by atoms with van der Waals surface area (Å²) in [6.45, 7) is 0.594. The minimum Gasteiger partial charge on any atom is -0.497 e. The number of amides is 1. The molecule has 3 atom stereocenters. The zero-order valence-electron chi connectivity index (χ0n) is 15.3. The van der Waals surface area contributed by atoms with Gasteiger partial charge in [-0.25, -0.2) is 4.68 Å². The van der Waals surface area contributed by atoms with Gasteiger partial charge in [-0.15, -0.1) is 0 Å². The SMILES string of the molecule is COc1ccc(-c2ccc(=O)n(CC(=O)NCC3CC4C=CC3C4)n2)cc1. The fraction of sp³-hybridized carbons (Fsp3) is 0.381. The second-order valence-electron chi connectivity index (χ2n) is 7.29. The van der Waals surface area contributed by atoms with E-state index in [1.807, 2.05) is 24.3 Å². The molecular formula is C21H23N3O3. The lowest BCUT2D eigenvalue weighted by molar-refractivity contribution is -0.122. The molecule has 1 aromatic heterocycles. The van der Waals surface area contributed by atoms with Crippen molar-refractivity contribution in [2.45, 2.75) is 19.4 Å². The zero-order chi connectivity index (χ0) is 18.8. The molecule has 6 heteroatoms. The standard InChI is InChI=1S/C21H23N3O3/c1-27-18-6-4-15(5-7-18)19-8-9-21(26)24(23-19)13-20(25)22-12-17-11-14-2-3-16(17)10-14/h2-9,14,16-17H,10-13H2,1H3,(H,22,25). The van der Waals surface area contributed by atoms with Crippen LogP contribution in [0.4, 0.5) is 0 Å². The van der Waals surface area contributed by atoms with Gasteiger partial charge < -0.3 is 10.1 Å². The molecular weight excluding hydrogens is 342 g/mol. The van der Waals surface area contributed by atoms with Crippen molar-refractivity contribution in [1.82, 2.24) is 15.1 Å². The van der Waals surface area contributed by atoms with Crippen LogP contribution in [-0.4, -0.2) is 29.3 Å². The Balaban J connectivity index is 1.41. The van der Waals surface area contributed by atoms with E-state index < -0.39 is 0 Å². The Kier molecular flexibility index (Phi) is 4.79. The number of carbonyl (C=O) groups is 1. The second kappa shape index (κ2) is 7.39. The van der Waals surface area contributed by atoms with E-state index >= 15 is 0 Å². The lowest BCUT2D eigenvalue weighted by Crippen LogP contribution is -2.36. The van der Waals surface area contributed by atoms with Gasteiger partial charge in [0.15, 0.2) is 0 Å². The largest absolute Gasteiger partial charge is 0.497 e. The number of hydrogen-bond acceptors (Lipinski definition) is 4. The first kappa shape index (κ1) is 17.5. The lowest BCUT2D eigenvalue weighted by atomic mass is 9.94. The number of nitrogens with zero attached hydrogens (tertiary/aromatic N) is 2. The van der Waals surface area contributed by atoms with E-state index in [0.29, 0.717) is 30.0 Å². The molecule has 0 aliphatic heterocycles. The van der Waals surface area contributed by atoms with Gasteiger partial charge in [0.05, 0.1) is 12.8 Å². The number of benzene rings is 1. The second-order valence-corrected chi connectivity index (χ2v) is 7.29. The number of aromatic nitrogens is 2. The van der Waals surface area contributed by atoms with Gasteiger partial charge in [-0.3, -0.25) is 9.59 Å². The highest BCUT2D eigenvalue weighted by Crippen LogP contribution is 2.42. The van der Waals surface area contributed by atoms with Crippen molar-refractivity contribution in [1.29, 1.82) is 0 Å². The summed E-state index contributed by atoms with van der Waals surface area (Å²) in [6.07, 6.45) is 6.92. The van der Waals surface area contributed by atoms with Crippen molar-refractivity contribution in [2.75, 3.05) is 13.7 Å². The number of methoxy groups -OCH3 is 1. The van der Waals surface area contributed by atoms with Crippen LogP contribution in [0.2, 0.25) is 0 Å². The Morgan fingerprint density at radius 1 is 1.19 bits per heavy atom. The maximum absolute atomic E-state index is 12.3. The first-order valence-electron chi connectivity index (χ1n) is 9.30. The van der Waals surface area contributed by atoms with Gasteiger partial charge in [0, 0.05) is 18.2 Å². The maximum Gasteiger partial charge on any atom is 0.267 e. The monoisotopic (exact) mass is 365 g/mol. The van der Waals surface area contributed by atoms with E-state index in [1.54, 1.807) is 13.2 Å². The smallest absolute Gasteiger partial charge is 0.267 e. The molecule has 27 heavy (non-hydrogen) atoms. The summed E-state index contributed by atoms with van der Waals surface area (Å²) in [6, 6.07) is 10.5. The average molecular weight is 365 g/mol. The molecule has 2 aromatic rings. The minimum absolute atomic E-state index is 0.0700. The highest BCUT2D eigenvalue weighted by Gasteiger charge is 2.35. The quantitative estimate of drug-likeness (QED) is 0.797. The van der Waals surface area contributed by atoms with E-state index in [-0.39, 0.29) is 18.0 Å². The number of hydrogen-bond donors (Lipinski definition) is 1. The summed E-state index contributed by atoms with van der Waals surface area (Å²) in [5, 5.41) is 7.32. The molecule has 2 aliphatic rings. The van der Waals surface area contributed by atoms with Crippen LogP contribution in [0.25, 0.3) is 11.3 Å².